The smallest absolute Gasteiger partial charge is 0.305 e. The van der Waals surface area contributed by atoms with Crippen molar-refractivity contribution in [1.82, 2.24) is 10.2 Å². The molecule has 5 nitrogen and oxygen atoms in total. The van der Waals surface area contributed by atoms with Gasteiger partial charge in [-0.05, 0) is 25.5 Å². The Morgan fingerprint density at radius 3 is 3.13 bits per heavy atom. The minimum Gasteiger partial charge on any atom is -0.466 e. The summed E-state index contributed by atoms with van der Waals surface area (Å²) in [5, 5.41) is 10.6. The maximum Gasteiger partial charge on any atom is 0.305 e. The maximum atomic E-state index is 11.0. The summed E-state index contributed by atoms with van der Waals surface area (Å²) in [4.78, 5) is 11.0. The lowest BCUT2D eigenvalue weighted by Gasteiger charge is -2.04. The molecule has 0 bridgehead atoms. The number of hydrogen-bond acceptors (Lipinski definition) is 5. The van der Waals surface area contributed by atoms with Crippen LogP contribution in [0.3, 0.4) is 0 Å². The Hall–Kier alpha value is -1.65. The molecule has 0 saturated heterocycles. The number of aromatic nitrogens is 2. The van der Waals surface area contributed by atoms with Crippen LogP contribution in [0.1, 0.15) is 19.8 Å². The topological polar surface area (TPSA) is 64.1 Å². The van der Waals surface area contributed by atoms with Crippen molar-refractivity contribution in [1.29, 1.82) is 0 Å². The zero-order valence-corrected chi connectivity index (χ0v) is 8.77. The molecule has 0 aromatic carbocycles. The van der Waals surface area contributed by atoms with Crippen LogP contribution in [0.5, 0.6) is 0 Å². The van der Waals surface area contributed by atoms with Crippen molar-refractivity contribution < 1.29 is 9.53 Å². The van der Waals surface area contributed by atoms with Crippen LogP contribution in [0.25, 0.3) is 0 Å². The van der Waals surface area contributed by atoms with Gasteiger partial charge in [0.25, 0.3) is 0 Å². The van der Waals surface area contributed by atoms with Gasteiger partial charge >= 0.3 is 5.97 Å². The molecule has 1 N–H and O–H groups in total. The average Bonchev–Trinajstić information content (AvgIpc) is 2.26. The van der Waals surface area contributed by atoms with E-state index in [-0.39, 0.29) is 5.97 Å². The van der Waals surface area contributed by atoms with E-state index < -0.39 is 0 Å². The van der Waals surface area contributed by atoms with E-state index >= 15 is 0 Å². The van der Waals surface area contributed by atoms with E-state index in [0.717, 1.165) is 12.2 Å². The molecule has 5 heteroatoms. The van der Waals surface area contributed by atoms with Gasteiger partial charge < -0.3 is 10.1 Å². The SMILES string of the molecule is CCOC(=O)CCCNc1cccnn1. The fraction of sp³-hybridized carbons (Fsp3) is 0.500. The molecule has 0 radical (unpaired) electrons. The van der Waals surface area contributed by atoms with E-state index in [2.05, 4.69) is 15.5 Å². The first-order chi connectivity index (χ1) is 7.33. The number of esters is 1. The van der Waals surface area contributed by atoms with Crippen molar-refractivity contribution in [2.24, 2.45) is 0 Å². The third-order valence-corrected chi connectivity index (χ3v) is 1.74. The number of nitrogens with one attached hydrogen (secondary N) is 1. The highest BCUT2D eigenvalue weighted by molar-refractivity contribution is 5.69. The molecule has 1 rings (SSSR count). The average molecular weight is 209 g/mol. The van der Waals surface area contributed by atoms with Crippen molar-refractivity contribution in [2.45, 2.75) is 19.8 Å². The molecular weight excluding hydrogens is 194 g/mol. The molecule has 82 valence electrons. The number of rotatable bonds is 6. The van der Waals surface area contributed by atoms with Crippen LogP contribution < -0.4 is 5.32 Å². The summed E-state index contributed by atoms with van der Waals surface area (Å²) in [5.41, 5.74) is 0. The molecule has 1 aromatic rings. The molecule has 0 aliphatic heterocycles. The predicted molar refractivity (Wildman–Crippen MR) is 56.4 cm³/mol. The Bertz CT molecular complexity index is 290. The van der Waals surface area contributed by atoms with Crippen LogP contribution in [0.4, 0.5) is 5.82 Å². The van der Waals surface area contributed by atoms with Crippen molar-refractivity contribution >= 4 is 11.8 Å². The second-order valence-electron chi connectivity index (χ2n) is 2.94. The molecular formula is C10H15N3O2. The summed E-state index contributed by atoms with van der Waals surface area (Å²) < 4.78 is 4.80. The molecule has 0 aliphatic carbocycles. The summed E-state index contributed by atoms with van der Waals surface area (Å²) in [5.74, 6) is 0.569. The molecule has 0 aliphatic rings. The van der Waals surface area contributed by atoms with Crippen molar-refractivity contribution in [2.75, 3.05) is 18.5 Å². The van der Waals surface area contributed by atoms with Gasteiger partial charge in [0.05, 0.1) is 6.61 Å². The van der Waals surface area contributed by atoms with Crippen LogP contribution in [-0.2, 0) is 9.53 Å². The van der Waals surface area contributed by atoms with Crippen molar-refractivity contribution in [3.8, 4) is 0 Å². The quantitative estimate of drug-likeness (QED) is 0.564. The molecule has 1 heterocycles. The minimum atomic E-state index is -0.154. The lowest BCUT2D eigenvalue weighted by Crippen LogP contribution is -2.08. The number of anilines is 1. The predicted octanol–water partition coefficient (Wildman–Crippen LogP) is 1.23. The maximum absolute atomic E-state index is 11.0. The molecule has 1 aromatic heterocycles. The molecule has 0 fully saturated rings. The highest BCUT2D eigenvalue weighted by Crippen LogP contribution is 1.99. The number of carbonyl (C=O) groups excluding carboxylic acids is 1. The van der Waals surface area contributed by atoms with Gasteiger partial charge in [-0.3, -0.25) is 4.79 Å². The van der Waals surface area contributed by atoms with Crippen molar-refractivity contribution in [3.05, 3.63) is 18.3 Å². The lowest BCUT2D eigenvalue weighted by molar-refractivity contribution is -0.143. The normalized spacial score (nSPS) is 9.67. The third-order valence-electron chi connectivity index (χ3n) is 1.74. The number of carbonyl (C=O) groups is 1. The lowest BCUT2D eigenvalue weighted by atomic mass is 10.3. The van der Waals surface area contributed by atoms with Gasteiger partial charge in [0.15, 0.2) is 0 Å². The summed E-state index contributed by atoms with van der Waals surface area (Å²) in [7, 11) is 0. The zero-order chi connectivity index (χ0) is 10.9. The van der Waals surface area contributed by atoms with Gasteiger partial charge in [-0.1, -0.05) is 0 Å². The minimum absolute atomic E-state index is 0.154. The van der Waals surface area contributed by atoms with Crippen LogP contribution >= 0.6 is 0 Å². The van der Waals surface area contributed by atoms with Gasteiger partial charge in [-0.15, -0.1) is 5.10 Å². The van der Waals surface area contributed by atoms with Crippen LogP contribution in [-0.4, -0.2) is 29.3 Å². The molecule has 0 spiro atoms. The number of hydrogen-bond donors (Lipinski definition) is 1. The van der Waals surface area contributed by atoms with E-state index in [1.165, 1.54) is 0 Å². The van der Waals surface area contributed by atoms with Crippen LogP contribution in [0, 0.1) is 0 Å². The second kappa shape index (κ2) is 6.75. The summed E-state index contributed by atoms with van der Waals surface area (Å²) in [6.45, 7) is 2.93. The molecule has 0 saturated carbocycles. The Balaban J connectivity index is 2.10. The van der Waals surface area contributed by atoms with E-state index in [4.69, 9.17) is 4.74 Å². The highest BCUT2D eigenvalue weighted by Gasteiger charge is 2.00. The fourth-order valence-corrected chi connectivity index (χ4v) is 1.08. The first kappa shape index (κ1) is 11.4. The summed E-state index contributed by atoms with van der Waals surface area (Å²) in [6.07, 6.45) is 2.78. The standard InChI is InChI=1S/C10H15N3O2/c1-2-15-10(14)6-4-7-11-9-5-3-8-12-13-9/h3,5,8H,2,4,6-7H2,1H3,(H,11,13). The zero-order valence-electron chi connectivity index (χ0n) is 8.77. The summed E-state index contributed by atoms with van der Waals surface area (Å²) in [6, 6.07) is 3.64. The monoisotopic (exact) mass is 209 g/mol. The Kier molecular flexibility index (Phi) is 5.14. The third kappa shape index (κ3) is 4.95. The summed E-state index contributed by atoms with van der Waals surface area (Å²) >= 11 is 0. The van der Waals surface area contributed by atoms with Gasteiger partial charge in [-0.2, -0.15) is 5.10 Å². The van der Waals surface area contributed by atoms with E-state index in [1.54, 1.807) is 19.2 Å². The van der Waals surface area contributed by atoms with Gasteiger partial charge in [-0.25, -0.2) is 0 Å². The van der Waals surface area contributed by atoms with E-state index in [9.17, 15) is 4.79 Å². The fourth-order valence-electron chi connectivity index (χ4n) is 1.08. The van der Waals surface area contributed by atoms with Gasteiger partial charge in [0, 0.05) is 19.2 Å². The van der Waals surface area contributed by atoms with E-state index in [1.807, 2.05) is 6.07 Å². The molecule has 0 atom stereocenters. The molecule has 15 heavy (non-hydrogen) atoms. The number of ether oxygens (including phenoxy) is 1. The van der Waals surface area contributed by atoms with Crippen molar-refractivity contribution in [3.63, 3.8) is 0 Å². The Morgan fingerprint density at radius 1 is 1.60 bits per heavy atom. The highest BCUT2D eigenvalue weighted by atomic mass is 16.5. The molecule has 0 amide bonds. The Labute approximate surface area is 88.9 Å². The van der Waals surface area contributed by atoms with E-state index in [0.29, 0.717) is 19.6 Å². The van der Waals surface area contributed by atoms with Crippen LogP contribution in [0.2, 0.25) is 0 Å². The van der Waals surface area contributed by atoms with Gasteiger partial charge in [0.2, 0.25) is 0 Å². The largest absolute Gasteiger partial charge is 0.466 e. The Morgan fingerprint density at radius 2 is 2.47 bits per heavy atom. The van der Waals surface area contributed by atoms with Crippen LogP contribution in [0.15, 0.2) is 18.3 Å². The second-order valence-corrected chi connectivity index (χ2v) is 2.94. The van der Waals surface area contributed by atoms with Gasteiger partial charge in [0.1, 0.15) is 5.82 Å². The first-order valence-electron chi connectivity index (χ1n) is 5.00. The number of nitrogens with zero attached hydrogens (tertiary/aromatic N) is 2. The molecule has 0 unspecified atom stereocenters. The first-order valence-corrected chi connectivity index (χ1v) is 5.00.